The smallest absolute Gasteiger partial charge is 0.323 e. The highest BCUT2D eigenvalue weighted by Gasteiger charge is 2.26. The minimum absolute atomic E-state index is 0.0909. The lowest BCUT2D eigenvalue weighted by atomic mass is 10.00. The van der Waals surface area contributed by atoms with Crippen LogP contribution in [-0.2, 0) is 34.0 Å². The minimum Gasteiger partial charge on any atom is -0.480 e. The second-order valence-corrected chi connectivity index (χ2v) is 13.5. The molecule has 0 amide bonds. The maximum absolute atomic E-state index is 12.0. The van der Waals surface area contributed by atoms with Crippen LogP contribution in [0.3, 0.4) is 0 Å². The third kappa shape index (κ3) is 5.32. The molecule has 38 heavy (non-hydrogen) atoms. The standard InChI is InChI=1S/C20H18BrNO4S.C9H8BrN/c1-12-16(9-13-2-5-19-14(8-13)6-7-27(19,25)26)17-10-15(21)3-4-18(17)22(12)11-20(23)24;1-6-4-7-5-8(10)2-3-9(7)11-6/h2-5,8,10H,6-7,9,11H2,1H3,(H,23,24);2-5,11H,1H3. The van der Waals surface area contributed by atoms with E-state index in [4.69, 9.17) is 0 Å². The average molecular weight is 658 g/mol. The quantitative estimate of drug-likeness (QED) is 0.219. The van der Waals surface area contributed by atoms with Crippen molar-refractivity contribution in [1.82, 2.24) is 9.55 Å². The van der Waals surface area contributed by atoms with Crippen molar-refractivity contribution < 1.29 is 18.3 Å². The summed E-state index contributed by atoms with van der Waals surface area (Å²) in [5.74, 6) is -0.706. The molecule has 9 heteroatoms. The molecule has 0 spiro atoms. The van der Waals surface area contributed by atoms with Crippen LogP contribution in [0.2, 0.25) is 0 Å². The molecule has 0 aliphatic carbocycles. The Balaban J connectivity index is 0.000000222. The van der Waals surface area contributed by atoms with E-state index in [0.717, 1.165) is 42.2 Å². The number of aromatic amines is 1. The normalized spacial score (nSPS) is 13.9. The Labute approximate surface area is 237 Å². The Hall–Kier alpha value is -2.88. The zero-order chi connectivity index (χ0) is 27.2. The van der Waals surface area contributed by atoms with E-state index in [9.17, 15) is 18.3 Å². The number of carbonyl (C=O) groups is 1. The lowest BCUT2D eigenvalue weighted by Gasteiger charge is -2.07. The van der Waals surface area contributed by atoms with E-state index in [0.29, 0.717) is 17.7 Å². The summed E-state index contributed by atoms with van der Waals surface area (Å²) in [6.45, 7) is 3.91. The Bertz CT molecular complexity index is 1820. The predicted molar refractivity (Wildman–Crippen MR) is 158 cm³/mol. The molecule has 0 bridgehead atoms. The number of fused-ring (bicyclic) bond motifs is 3. The van der Waals surface area contributed by atoms with Gasteiger partial charge in [-0.25, -0.2) is 8.42 Å². The molecule has 1 aliphatic heterocycles. The van der Waals surface area contributed by atoms with Gasteiger partial charge >= 0.3 is 5.97 Å². The number of nitrogens with one attached hydrogen (secondary N) is 1. The van der Waals surface area contributed by atoms with E-state index in [2.05, 4.69) is 62.0 Å². The number of carboxylic acids is 1. The topological polar surface area (TPSA) is 92.2 Å². The molecule has 2 N–H and O–H groups in total. The van der Waals surface area contributed by atoms with E-state index in [1.54, 1.807) is 6.07 Å². The summed E-state index contributed by atoms with van der Waals surface area (Å²) in [7, 11) is -3.13. The fourth-order valence-electron chi connectivity index (χ4n) is 5.13. The summed E-state index contributed by atoms with van der Waals surface area (Å²) in [5.41, 5.74) is 7.18. The van der Waals surface area contributed by atoms with Gasteiger partial charge in [0, 0.05) is 42.1 Å². The molecule has 0 saturated carbocycles. The molecule has 5 aromatic rings. The number of hydrogen-bond donors (Lipinski definition) is 2. The third-order valence-electron chi connectivity index (χ3n) is 6.91. The van der Waals surface area contributed by atoms with Crippen LogP contribution in [0.4, 0.5) is 0 Å². The molecule has 1 aliphatic rings. The van der Waals surface area contributed by atoms with Crippen molar-refractivity contribution in [1.29, 1.82) is 0 Å². The molecule has 6 nitrogen and oxygen atoms in total. The van der Waals surface area contributed by atoms with Crippen LogP contribution in [0.15, 0.2) is 74.5 Å². The van der Waals surface area contributed by atoms with Crippen LogP contribution in [0.5, 0.6) is 0 Å². The first kappa shape index (κ1) is 26.7. The van der Waals surface area contributed by atoms with Gasteiger partial charge in [0.05, 0.1) is 10.6 Å². The summed E-state index contributed by atoms with van der Waals surface area (Å²) in [6.07, 6.45) is 1.18. The van der Waals surface area contributed by atoms with Crippen LogP contribution in [0.25, 0.3) is 21.8 Å². The third-order valence-corrected chi connectivity index (χ3v) is 9.70. The number of sulfone groups is 1. The fraction of sp³-hybridized carbons (Fsp3) is 0.207. The van der Waals surface area contributed by atoms with Crippen LogP contribution < -0.4 is 0 Å². The lowest BCUT2D eigenvalue weighted by molar-refractivity contribution is -0.137. The molecule has 6 rings (SSSR count). The number of rotatable bonds is 4. The average Bonchev–Trinajstić information content (AvgIpc) is 3.45. The van der Waals surface area contributed by atoms with Crippen LogP contribution in [0.1, 0.15) is 28.1 Å². The molecule has 196 valence electrons. The second-order valence-electron chi connectivity index (χ2n) is 9.58. The second kappa shape index (κ2) is 10.4. The first-order valence-electron chi connectivity index (χ1n) is 12.1. The molecular formula is C29H26Br2N2O4S. The monoisotopic (exact) mass is 656 g/mol. The maximum Gasteiger partial charge on any atom is 0.323 e. The molecule has 0 saturated heterocycles. The zero-order valence-corrected chi connectivity index (χ0v) is 24.9. The molecule has 3 heterocycles. The number of benzene rings is 3. The number of H-pyrrole nitrogens is 1. The number of hydrogen-bond acceptors (Lipinski definition) is 3. The Morgan fingerprint density at radius 3 is 2.50 bits per heavy atom. The van der Waals surface area contributed by atoms with Gasteiger partial charge in [0.25, 0.3) is 0 Å². The van der Waals surface area contributed by atoms with Gasteiger partial charge in [-0.3, -0.25) is 4.79 Å². The number of nitrogens with zero attached hydrogens (tertiary/aromatic N) is 1. The van der Waals surface area contributed by atoms with Crippen LogP contribution >= 0.6 is 31.9 Å². The van der Waals surface area contributed by atoms with Crippen molar-refractivity contribution in [3.05, 3.63) is 97.7 Å². The van der Waals surface area contributed by atoms with E-state index in [-0.39, 0.29) is 12.3 Å². The SMILES string of the molecule is Cc1c(Cc2ccc3c(c2)CCS3(=O)=O)c2cc(Br)ccc2n1CC(=O)O.Cc1cc2cc(Br)ccc2[nH]1. The van der Waals surface area contributed by atoms with Gasteiger partial charge in [-0.2, -0.15) is 0 Å². The largest absolute Gasteiger partial charge is 0.480 e. The molecule has 3 aromatic carbocycles. The first-order valence-corrected chi connectivity index (χ1v) is 15.3. The highest BCUT2D eigenvalue weighted by Crippen LogP contribution is 2.32. The van der Waals surface area contributed by atoms with Crippen molar-refractivity contribution in [3.63, 3.8) is 0 Å². The lowest BCUT2D eigenvalue weighted by Crippen LogP contribution is -2.10. The van der Waals surface area contributed by atoms with E-state index in [1.165, 1.54) is 16.6 Å². The van der Waals surface area contributed by atoms with Crippen molar-refractivity contribution in [3.8, 4) is 0 Å². The molecule has 0 unspecified atom stereocenters. The summed E-state index contributed by atoms with van der Waals surface area (Å²) >= 11 is 6.93. The van der Waals surface area contributed by atoms with Gasteiger partial charge in [-0.05, 0) is 91.9 Å². The number of halogens is 2. The van der Waals surface area contributed by atoms with Gasteiger partial charge < -0.3 is 14.7 Å². The maximum atomic E-state index is 12.0. The minimum atomic E-state index is -3.13. The van der Waals surface area contributed by atoms with Crippen molar-refractivity contribution >= 4 is 69.5 Å². The summed E-state index contributed by atoms with van der Waals surface area (Å²) in [5, 5.41) is 11.5. The first-order chi connectivity index (χ1) is 18.0. The molecular weight excluding hydrogens is 632 g/mol. The van der Waals surface area contributed by atoms with Crippen LogP contribution in [-0.4, -0.2) is 34.8 Å². The van der Waals surface area contributed by atoms with Crippen LogP contribution in [0, 0.1) is 13.8 Å². The molecule has 2 aromatic heterocycles. The fourth-order valence-corrected chi connectivity index (χ4v) is 7.42. The van der Waals surface area contributed by atoms with Crippen molar-refractivity contribution in [2.24, 2.45) is 0 Å². The Kier molecular flexibility index (Phi) is 7.28. The Morgan fingerprint density at radius 2 is 1.74 bits per heavy atom. The van der Waals surface area contributed by atoms with E-state index >= 15 is 0 Å². The number of aromatic nitrogens is 2. The molecule has 0 atom stereocenters. The predicted octanol–water partition coefficient (Wildman–Crippen LogP) is 6.96. The summed E-state index contributed by atoms with van der Waals surface area (Å²) in [4.78, 5) is 15.0. The highest BCUT2D eigenvalue weighted by molar-refractivity contribution is 9.10. The highest BCUT2D eigenvalue weighted by atomic mass is 79.9. The zero-order valence-electron chi connectivity index (χ0n) is 20.9. The molecule has 0 fully saturated rings. The van der Waals surface area contributed by atoms with Crippen molar-refractivity contribution in [2.75, 3.05) is 5.75 Å². The molecule has 0 radical (unpaired) electrons. The van der Waals surface area contributed by atoms with Gasteiger partial charge in [-0.15, -0.1) is 0 Å². The van der Waals surface area contributed by atoms with Crippen molar-refractivity contribution in [2.45, 2.75) is 38.1 Å². The van der Waals surface area contributed by atoms with Gasteiger partial charge in [-0.1, -0.05) is 44.0 Å². The van der Waals surface area contributed by atoms with Gasteiger partial charge in [0.1, 0.15) is 6.54 Å². The summed E-state index contributed by atoms with van der Waals surface area (Å²) in [6, 6.07) is 19.7. The van der Waals surface area contributed by atoms with E-state index in [1.807, 2.05) is 47.9 Å². The van der Waals surface area contributed by atoms with E-state index < -0.39 is 15.8 Å². The van der Waals surface area contributed by atoms with Gasteiger partial charge in [0.15, 0.2) is 9.84 Å². The number of carboxylic acid groups (broad SMARTS) is 1. The Morgan fingerprint density at radius 1 is 1.00 bits per heavy atom. The van der Waals surface area contributed by atoms with Gasteiger partial charge in [0.2, 0.25) is 0 Å². The number of aryl methyl sites for hydroxylation is 2. The summed E-state index contributed by atoms with van der Waals surface area (Å²) < 4.78 is 27.9. The number of aliphatic carboxylic acids is 1.